The van der Waals surface area contributed by atoms with Crippen LogP contribution in [0.2, 0.25) is 0 Å². The second-order valence-corrected chi connectivity index (χ2v) is 4.91. The zero-order valence-corrected chi connectivity index (χ0v) is 11.1. The molecule has 0 saturated carbocycles. The number of ether oxygens (including phenoxy) is 2. The van der Waals surface area contributed by atoms with Crippen molar-refractivity contribution in [2.75, 3.05) is 20.3 Å². The molecule has 0 aromatic heterocycles. The summed E-state index contributed by atoms with van der Waals surface area (Å²) in [5.74, 6) is -0.195. The SMILES string of the molecule is COCCCCNC(C)C(=O)OC(C)(C)C. The van der Waals surface area contributed by atoms with Gasteiger partial charge in [0.25, 0.3) is 0 Å². The Morgan fingerprint density at radius 3 is 2.44 bits per heavy atom. The minimum absolute atomic E-state index is 0.195. The first-order valence-corrected chi connectivity index (χ1v) is 5.82. The van der Waals surface area contributed by atoms with E-state index >= 15 is 0 Å². The summed E-state index contributed by atoms with van der Waals surface area (Å²) in [6, 6.07) is -0.248. The van der Waals surface area contributed by atoms with Gasteiger partial charge in [0.15, 0.2) is 0 Å². The molecule has 96 valence electrons. The van der Waals surface area contributed by atoms with Crippen LogP contribution in [0.1, 0.15) is 40.5 Å². The highest BCUT2D eigenvalue weighted by Crippen LogP contribution is 2.08. The van der Waals surface area contributed by atoms with Crippen LogP contribution in [0.5, 0.6) is 0 Å². The summed E-state index contributed by atoms with van der Waals surface area (Å²) in [5.41, 5.74) is -0.414. The van der Waals surface area contributed by atoms with Gasteiger partial charge in [-0.3, -0.25) is 4.79 Å². The molecule has 0 aromatic carbocycles. The molecule has 1 unspecified atom stereocenters. The summed E-state index contributed by atoms with van der Waals surface area (Å²) in [7, 11) is 1.69. The van der Waals surface area contributed by atoms with Crippen LogP contribution >= 0.6 is 0 Å². The van der Waals surface area contributed by atoms with Crippen LogP contribution in [0, 0.1) is 0 Å². The molecule has 0 rings (SSSR count). The zero-order valence-electron chi connectivity index (χ0n) is 11.1. The summed E-state index contributed by atoms with van der Waals surface area (Å²) >= 11 is 0. The van der Waals surface area contributed by atoms with E-state index in [2.05, 4.69) is 5.32 Å². The van der Waals surface area contributed by atoms with Crippen molar-refractivity contribution in [3.63, 3.8) is 0 Å². The van der Waals surface area contributed by atoms with Gasteiger partial charge in [-0.1, -0.05) is 0 Å². The van der Waals surface area contributed by atoms with E-state index in [0.29, 0.717) is 0 Å². The zero-order chi connectivity index (χ0) is 12.6. The van der Waals surface area contributed by atoms with Crippen LogP contribution in [-0.4, -0.2) is 37.9 Å². The third-order valence-electron chi connectivity index (χ3n) is 1.99. The first-order chi connectivity index (χ1) is 7.37. The molecular formula is C12H25NO3. The number of carbonyl (C=O) groups excluding carboxylic acids is 1. The van der Waals surface area contributed by atoms with Crippen molar-refractivity contribution in [2.45, 2.75) is 52.2 Å². The third-order valence-corrected chi connectivity index (χ3v) is 1.99. The summed E-state index contributed by atoms with van der Waals surface area (Å²) in [4.78, 5) is 11.6. The van der Waals surface area contributed by atoms with Crippen molar-refractivity contribution in [1.29, 1.82) is 0 Å². The summed E-state index contributed by atoms with van der Waals surface area (Å²) in [5, 5.41) is 3.13. The Balaban J connectivity index is 3.64. The predicted molar refractivity (Wildman–Crippen MR) is 64.4 cm³/mol. The Labute approximate surface area is 98.7 Å². The van der Waals surface area contributed by atoms with E-state index < -0.39 is 5.60 Å². The lowest BCUT2D eigenvalue weighted by atomic mass is 10.2. The van der Waals surface area contributed by atoms with Gasteiger partial charge in [0.1, 0.15) is 11.6 Å². The number of methoxy groups -OCH3 is 1. The van der Waals surface area contributed by atoms with Crippen LogP contribution in [0.4, 0.5) is 0 Å². The number of unbranched alkanes of at least 4 members (excludes halogenated alkanes) is 1. The Morgan fingerprint density at radius 2 is 1.94 bits per heavy atom. The summed E-state index contributed by atoms with van der Waals surface area (Å²) < 4.78 is 10.2. The highest BCUT2D eigenvalue weighted by Gasteiger charge is 2.20. The van der Waals surface area contributed by atoms with E-state index in [9.17, 15) is 4.79 Å². The molecule has 0 bridgehead atoms. The molecule has 1 N–H and O–H groups in total. The van der Waals surface area contributed by atoms with E-state index in [1.807, 2.05) is 27.7 Å². The molecule has 0 saturated heterocycles. The number of esters is 1. The predicted octanol–water partition coefficient (Wildman–Crippen LogP) is 1.73. The molecule has 4 nitrogen and oxygen atoms in total. The maximum atomic E-state index is 11.6. The fourth-order valence-corrected chi connectivity index (χ4v) is 1.16. The lowest BCUT2D eigenvalue weighted by molar-refractivity contribution is -0.156. The van der Waals surface area contributed by atoms with Crippen molar-refractivity contribution >= 4 is 5.97 Å². The molecule has 0 aliphatic carbocycles. The van der Waals surface area contributed by atoms with Crippen LogP contribution < -0.4 is 5.32 Å². The van der Waals surface area contributed by atoms with E-state index in [-0.39, 0.29) is 12.0 Å². The van der Waals surface area contributed by atoms with Gasteiger partial charge in [0, 0.05) is 13.7 Å². The molecule has 0 aliphatic rings. The van der Waals surface area contributed by atoms with E-state index in [1.165, 1.54) is 0 Å². The van der Waals surface area contributed by atoms with Crippen molar-refractivity contribution in [1.82, 2.24) is 5.32 Å². The van der Waals surface area contributed by atoms with Crippen LogP contribution in [0.25, 0.3) is 0 Å². The number of hydrogen-bond donors (Lipinski definition) is 1. The number of nitrogens with one attached hydrogen (secondary N) is 1. The van der Waals surface area contributed by atoms with Gasteiger partial charge in [-0.15, -0.1) is 0 Å². The van der Waals surface area contributed by atoms with Gasteiger partial charge in [0.05, 0.1) is 0 Å². The Bertz CT molecular complexity index is 199. The molecule has 0 aliphatic heterocycles. The van der Waals surface area contributed by atoms with E-state index in [4.69, 9.17) is 9.47 Å². The summed E-state index contributed by atoms with van der Waals surface area (Å²) in [6.07, 6.45) is 2.01. The Hall–Kier alpha value is -0.610. The Morgan fingerprint density at radius 1 is 1.31 bits per heavy atom. The fraction of sp³-hybridized carbons (Fsp3) is 0.917. The second-order valence-electron chi connectivity index (χ2n) is 4.91. The normalized spacial score (nSPS) is 13.6. The van der Waals surface area contributed by atoms with Gasteiger partial charge in [0.2, 0.25) is 0 Å². The van der Waals surface area contributed by atoms with Crippen LogP contribution in [0.15, 0.2) is 0 Å². The molecule has 0 heterocycles. The minimum Gasteiger partial charge on any atom is -0.459 e. The number of carbonyl (C=O) groups is 1. The van der Waals surface area contributed by atoms with E-state index in [1.54, 1.807) is 7.11 Å². The lowest BCUT2D eigenvalue weighted by Crippen LogP contribution is -2.39. The third kappa shape index (κ3) is 8.68. The maximum absolute atomic E-state index is 11.6. The fourth-order valence-electron chi connectivity index (χ4n) is 1.16. The van der Waals surface area contributed by atoms with Gasteiger partial charge >= 0.3 is 5.97 Å². The first-order valence-electron chi connectivity index (χ1n) is 5.82. The highest BCUT2D eigenvalue weighted by molar-refractivity contribution is 5.75. The molecule has 1 atom stereocenters. The van der Waals surface area contributed by atoms with Gasteiger partial charge < -0.3 is 14.8 Å². The number of rotatable bonds is 7. The smallest absolute Gasteiger partial charge is 0.323 e. The molecule has 0 fully saturated rings. The lowest BCUT2D eigenvalue weighted by Gasteiger charge is -2.22. The highest BCUT2D eigenvalue weighted by atomic mass is 16.6. The van der Waals surface area contributed by atoms with Crippen LogP contribution in [-0.2, 0) is 14.3 Å². The monoisotopic (exact) mass is 231 g/mol. The molecule has 16 heavy (non-hydrogen) atoms. The average molecular weight is 231 g/mol. The minimum atomic E-state index is -0.414. The van der Waals surface area contributed by atoms with Gasteiger partial charge in [-0.2, -0.15) is 0 Å². The van der Waals surface area contributed by atoms with Crippen molar-refractivity contribution in [2.24, 2.45) is 0 Å². The van der Waals surface area contributed by atoms with Crippen LogP contribution in [0.3, 0.4) is 0 Å². The van der Waals surface area contributed by atoms with Crippen molar-refractivity contribution < 1.29 is 14.3 Å². The maximum Gasteiger partial charge on any atom is 0.323 e. The molecule has 0 aromatic rings. The largest absolute Gasteiger partial charge is 0.459 e. The number of hydrogen-bond acceptors (Lipinski definition) is 4. The average Bonchev–Trinajstić information content (AvgIpc) is 2.14. The van der Waals surface area contributed by atoms with Crippen molar-refractivity contribution in [3.8, 4) is 0 Å². The quantitative estimate of drug-likeness (QED) is 0.535. The molecule has 0 amide bonds. The molecular weight excluding hydrogens is 206 g/mol. The van der Waals surface area contributed by atoms with Crippen molar-refractivity contribution in [3.05, 3.63) is 0 Å². The summed E-state index contributed by atoms with van der Waals surface area (Å²) in [6.45, 7) is 9.01. The molecule has 4 heteroatoms. The van der Waals surface area contributed by atoms with Gasteiger partial charge in [-0.05, 0) is 47.1 Å². The first kappa shape index (κ1) is 15.4. The van der Waals surface area contributed by atoms with E-state index in [0.717, 1.165) is 26.0 Å². The van der Waals surface area contributed by atoms with Gasteiger partial charge in [-0.25, -0.2) is 0 Å². The molecule has 0 spiro atoms. The molecule has 0 radical (unpaired) electrons. The topological polar surface area (TPSA) is 47.6 Å². The second kappa shape index (κ2) is 7.63. The standard InChI is InChI=1S/C12H25NO3/c1-10(11(14)16-12(2,3)4)13-8-6-7-9-15-5/h10,13H,6-9H2,1-5H3. The Kier molecular flexibility index (Phi) is 7.34.